The molecule has 0 saturated heterocycles. The van der Waals surface area contributed by atoms with Crippen molar-refractivity contribution in [2.24, 2.45) is 0 Å². The Bertz CT molecular complexity index is 246. The molecule has 0 amide bonds. The van der Waals surface area contributed by atoms with E-state index in [1.54, 1.807) is 0 Å². The highest BCUT2D eigenvalue weighted by Gasteiger charge is 2.20. The number of allylic oxidation sites excluding steroid dienone is 1. The third kappa shape index (κ3) is 5.79. The molecule has 0 aromatic heterocycles. The van der Waals surface area contributed by atoms with E-state index in [4.69, 9.17) is 4.55 Å². The van der Waals surface area contributed by atoms with Gasteiger partial charge in [0, 0.05) is 0 Å². The second kappa shape index (κ2) is 5.36. The molecule has 1 atom stereocenters. The van der Waals surface area contributed by atoms with Crippen molar-refractivity contribution in [2.75, 3.05) is 20.6 Å². The van der Waals surface area contributed by atoms with Crippen LogP contribution in [0.15, 0.2) is 12.7 Å². The summed E-state index contributed by atoms with van der Waals surface area (Å²) in [5, 5.41) is -0.715. The van der Waals surface area contributed by atoms with Gasteiger partial charge in [0.25, 0.3) is 10.1 Å². The Hall–Kier alpha value is -0.390. The molecule has 0 heterocycles. The zero-order valence-corrected chi connectivity index (χ0v) is 8.92. The van der Waals surface area contributed by atoms with Gasteiger partial charge in [-0.1, -0.05) is 6.08 Å². The molecule has 4 nitrogen and oxygen atoms in total. The van der Waals surface area contributed by atoms with Crippen molar-refractivity contribution in [1.82, 2.24) is 4.90 Å². The van der Waals surface area contributed by atoms with E-state index in [0.717, 1.165) is 0 Å². The van der Waals surface area contributed by atoms with Crippen LogP contribution in [-0.2, 0) is 10.1 Å². The second-order valence-electron chi connectivity index (χ2n) is 3.25. The van der Waals surface area contributed by atoms with Gasteiger partial charge in [-0.3, -0.25) is 4.55 Å². The van der Waals surface area contributed by atoms with Crippen molar-refractivity contribution in [1.29, 1.82) is 0 Å². The monoisotopic (exact) mass is 207 g/mol. The molecule has 0 rings (SSSR count). The maximum absolute atomic E-state index is 10.8. The van der Waals surface area contributed by atoms with Crippen LogP contribution in [0.4, 0.5) is 0 Å². The first-order valence-corrected chi connectivity index (χ1v) is 5.60. The van der Waals surface area contributed by atoms with Crippen LogP contribution in [0.1, 0.15) is 12.8 Å². The van der Waals surface area contributed by atoms with Crippen molar-refractivity contribution in [3.63, 3.8) is 0 Å². The summed E-state index contributed by atoms with van der Waals surface area (Å²) in [6.45, 7) is 4.09. The number of hydrogen-bond acceptors (Lipinski definition) is 3. The van der Waals surface area contributed by atoms with E-state index >= 15 is 0 Å². The molecule has 13 heavy (non-hydrogen) atoms. The minimum Gasteiger partial charge on any atom is -0.309 e. The molecule has 0 aromatic carbocycles. The van der Waals surface area contributed by atoms with Crippen molar-refractivity contribution in [3.05, 3.63) is 12.7 Å². The van der Waals surface area contributed by atoms with Crippen LogP contribution in [0.25, 0.3) is 0 Å². The van der Waals surface area contributed by atoms with Crippen LogP contribution in [0.5, 0.6) is 0 Å². The fourth-order valence-corrected chi connectivity index (χ4v) is 1.76. The molecule has 0 bridgehead atoms. The minimum absolute atomic E-state index is 0.298. The van der Waals surface area contributed by atoms with Gasteiger partial charge in [-0.15, -0.1) is 6.58 Å². The van der Waals surface area contributed by atoms with Crippen molar-refractivity contribution >= 4 is 10.1 Å². The molecule has 5 heteroatoms. The topological polar surface area (TPSA) is 57.6 Å². The van der Waals surface area contributed by atoms with E-state index in [0.29, 0.717) is 19.4 Å². The average Bonchev–Trinajstić information content (AvgIpc) is 1.95. The Kier molecular flexibility index (Phi) is 5.20. The lowest BCUT2D eigenvalue weighted by molar-refractivity contribution is 0.385. The molecule has 0 saturated carbocycles. The van der Waals surface area contributed by atoms with Gasteiger partial charge in [-0.2, -0.15) is 8.42 Å². The lowest BCUT2D eigenvalue weighted by Crippen LogP contribution is -2.25. The summed E-state index contributed by atoms with van der Waals surface area (Å²) in [4.78, 5) is 1.88. The highest BCUT2D eigenvalue weighted by Crippen LogP contribution is 2.09. The van der Waals surface area contributed by atoms with E-state index in [1.165, 1.54) is 6.08 Å². The van der Waals surface area contributed by atoms with Gasteiger partial charge in [0.15, 0.2) is 0 Å². The van der Waals surface area contributed by atoms with Crippen molar-refractivity contribution in [2.45, 2.75) is 18.1 Å². The largest absolute Gasteiger partial charge is 0.309 e. The fourth-order valence-electron chi connectivity index (χ4n) is 0.976. The van der Waals surface area contributed by atoms with Gasteiger partial charge in [0.1, 0.15) is 0 Å². The van der Waals surface area contributed by atoms with Gasteiger partial charge in [0.2, 0.25) is 0 Å². The Morgan fingerprint density at radius 2 is 2.08 bits per heavy atom. The summed E-state index contributed by atoms with van der Waals surface area (Å²) >= 11 is 0. The standard InChI is InChI=1S/C8H17NO3S/c1-4-5-8(13(10,11)12)6-7-9(2)3/h4,8H,1,5-7H2,2-3H3,(H,10,11,12). The zero-order valence-electron chi connectivity index (χ0n) is 8.10. The van der Waals surface area contributed by atoms with E-state index in [9.17, 15) is 8.42 Å². The quantitative estimate of drug-likeness (QED) is 0.516. The predicted molar refractivity (Wildman–Crippen MR) is 53.3 cm³/mol. The molecule has 0 spiro atoms. The van der Waals surface area contributed by atoms with E-state index in [2.05, 4.69) is 6.58 Å². The fraction of sp³-hybridized carbons (Fsp3) is 0.750. The first kappa shape index (κ1) is 12.6. The summed E-state index contributed by atoms with van der Waals surface area (Å²) in [5.74, 6) is 0. The summed E-state index contributed by atoms with van der Waals surface area (Å²) < 4.78 is 30.5. The van der Waals surface area contributed by atoms with Crippen molar-refractivity contribution in [3.8, 4) is 0 Å². The molecular weight excluding hydrogens is 190 g/mol. The molecule has 0 aliphatic carbocycles. The van der Waals surface area contributed by atoms with E-state index < -0.39 is 15.4 Å². The van der Waals surface area contributed by atoms with E-state index in [-0.39, 0.29) is 0 Å². The maximum atomic E-state index is 10.8. The maximum Gasteiger partial charge on any atom is 0.268 e. The Balaban J connectivity index is 4.19. The molecule has 0 aromatic rings. The lowest BCUT2D eigenvalue weighted by atomic mass is 10.2. The van der Waals surface area contributed by atoms with Crippen LogP contribution < -0.4 is 0 Å². The second-order valence-corrected chi connectivity index (χ2v) is 4.95. The minimum atomic E-state index is -3.92. The first-order valence-electron chi connectivity index (χ1n) is 4.10. The molecule has 0 aliphatic rings. The first-order chi connectivity index (χ1) is 5.88. The van der Waals surface area contributed by atoms with Crippen LogP contribution in [0.3, 0.4) is 0 Å². The smallest absolute Gasteiger partial charge is 0.268 e. The number of rotatable bonds is 6. The van der Waals surface area contributed by atoms with Gasteiger partial charge in [-0.25, -0.2) is 0 Å². The molecule has 78 valence electrons. The predicted octanol–water partition coefficient (Wildman–Crippen LogP) is 0.771. The summed E-state index contributed by atoms with van der Waals surface area (Å²) in [6.07, 6.45) is 2.23. The van der Waals surface area contributed by atoms with Gasteiger partial charge >= 0.3 is 0 Å². The highest BCUT2D eigenvalue weighted by atomic mass is 32.2. The van der Waals surface area contributed by atoms with Crippen LogP contribution in [0, 0.1) is 0 Å². The van der Waals surface area contributed by atoms with Crippen molar-refractivity contribution < 1.29 is 13.0 Å². The summed E-state index contributed by atoms with van der Waals surface area (Å²) in [7, 11) is -0.208. The van der Waals surface area contributed by atoms with Gasteiger partial charge in [0.05, 0.1) is 5.25 Å². The number of hydrogen-bond donors (Lipinski definition) is 1. The Morgan fingerprint density at radius 3 is 2.38 bits per heavy atom. The molecule has 1 unspecified atom stereocenters. The molecule has 0 aliphatic heterocycles. The molecule has 1 N–H and O–H groups in total. The Labute approximate surface area is 80.0 Å². The number of nitrogens with zero attached hydrogens (tertiary/aromatic N) is 1. The molecular formula is C8H17NO3S. The van der Waals surface area contributed by atoms with Crippen LogP contribution >= 0.6 is 0 Å². The zero-order chi connectivity index (χ0) is 10.5. The average molecular weight is 207 g/mol. The Morgan fingerprint density at radius 1 is 1.54 bits per heavy atom. The highest BCUT2D eigenvalue weighted by molar-refractivity contribution is 7.86. The SMILES string of the molecule is C=CCC(CCN(C)C)S(=O)(=O)O. The lowest BCUT2D eigenvalue weighted by Gasteiger charge is -2.14. The normalized spacial score (nSPS) is 14.5. The molecule has 0 fully saturated rings. The summed E-state index contributed by atoms with van der Waals surface area (Å²) in [5.41, 5.74) is 0. The molecule has 0 radical (unpaired) electrons. The summed E-state index contributed by atoms with van der Waals surface area (Å²) in [6, 6.07) is 0. The third-order valence-electron chi connectivity index (χ3n) is 1.75. The van der Waals surface area contributed by atoms with Crippen LogP contribution in [-0.4, -0.2) is 43.8 Å². The van der Waals surface area contributed by atoms with Crippen LogP contribution in [0.2, 0.25) is 0 Å². The van der Waals surface area contributed by atoms with Gasteiger partial charge in [-0.05, 0) is 33.5 Å². The van der Waals surface area contributed by atoms with E-state index in [1.807, 2.05) is 19.0 Å². The third-order valence-corrected chi connectivity index (χ3v) is 3.02. The van der Waals surface area contributed by atoms with Gasteiger partial charge < -0.3 is 4.90 Å².